The second-order valence-electron chi connectivity index (χ2n) is 1.73. The lowest BCUT2D eigenvalue weighted by Gasteiger charge is -1.67. The van der Waals surface area contributed by atoms with E-state index in [-0.39, 0.29) is 21.6 Å². The lowest BCUT2D eigenvalue weighted by atomic mass is 11.8. The Hall–Kier alpha value is 0.532. The predicted molar refractivity (Wildman–Crippen MR) is 30.1 cm³/mol. The molecule has 0 aliphatic rings. The molecule has 0 aromatic carbocycles. The highest BCUT2D eigenvalue weighted by atomic mass is 27.2. The average Bonchev–Trinajstić information content (AvgIpc) is 0.811. The summed E-state index contributed by atoms with van der Waals surface area (Å²) in [5.74, 6) is 6.92. The van der Waals surface area contributed by atoms with Crippen LogP contribution in [0.1, 0.15) is 7.43 Å². The molecule has 0 nitrogen and oxygen atoms in total. The average molecular weight is 88.1 g/mol. The molecular weight excluding hydrogens is 75.0 g/mol. The van der Waals surface area contributed by atoms with Gasteiger partial charge in [0.2, 0.25) is 0 Å². The fraction of sp³-hybridized carbons (Fsp3) is 1.00. The van der Waals surface area contributed by atoms with Gasteiger partial charge in [0.05, 0.1) is 0 Å². The molecule has 0 heterocycles. The molecule has 0 bridgehead atoms. The summed E-state index contributed by atoms with van der Waals surface area (Å²) in [4.78, 5) is 0. The largest absolute Gasteiger partial charge is 0.251 e. The minimum Gasteiger partial charge on any atom is -0.106 e. The van der Waals surface area contributed by atoms with Gasteiger partial charge in [0.25, 0.3) is 14.1 Å². The minimum atomic E-state index is -0.139. The Morgan fingerprint density at radius 2 is 1.00 bits per heavy atom. The minimum absolute atomic E-state index is 0. The molecule has 0 aliphatic heterocycles. The van der Waals surface area contributed by atoms with E-state index in [4.69, 9.17) is 0 Å². The molecular formula is C4H13Al. The Kier molecular flexibility index (Phi) is 8.26. The summed E-state index contributed by atoms with van der Waals surface area (Å²) in [6.45, 7) is 0. The van der Waals surface area contributed by atoms with Crippen LogP contribution in [0.3, 0.4) is 0 Å². The summed E-state index contributed by atoms with van der Waals surface area (Å²) in [6, 6.07) is 0. The monoisotopic (exact) mass is 88.1 g/mol. The standard InChI is InChI=1S/CH4.3CH3.Al/h1H4;3*1H3;. The van der Waals surface area contributed by atoms with Crippen molar-refractivity contribution in [3.05, 3.63) is 0 Å². The van der Waals surface area contributed by atoms with E-state index in [1.165, 1.54) is 0 Å². The fourth-order valence-electron chi connectivity index (χ4n) is 0. The van der Waals surface area contributed by atoms with Gasteiger partial charge in [-0.1, -0.05) is 7.43 Å². The van der Waals surface area contributed by atoms with Gasteiger partial charge in [0.1, 0.15) is 0 Å². The van der Waals surface area contributed by atoms with Gasteiger partial charge in [0.15, 0.2) is 0 Å². The first-order valence-corrected chi connectivity index (χ1v) is 5.20. The van der Waals surface area contributed by atoms with Crippen molar-refractivity contribution in [3.63, 3.8) is 0 Å². The molecule has 1 heteroatoms. The van der Waals surface area contributed by atoms with Gasteiger partial charge >= 0.3 is 0 Å². The molecule has 0 atom stereocenters. The summed E-state index contributed by atoms with van der Waals surface area (Å²) in [7, 11) is 0. The molecule has 0 aliphatic carbocycles. The third-order valence-electron chi connectivity index (χ3n) is 0. The summed E-state index contributed by atoms with van der Waals surface area (Å²) in [5.41, 5.74) is 0. The van der Waals surface area contributed by atoms with E-state index in [2.05, 4.69) is 17.4 Å². The molecule has 0 N–H and O–H groups in total. The molecule has 0 saturated carbocycles. The Bertz CT molecular complexity index is 8.36. The van der Waals surface area contributed by atoms with Gasteiger partial charge < -0.3 is 0 Å². The van der Waals surface area contributed by atoms with Crippen molar-refractivity contribution in [2.75, 3.05) is 0 Å². The smallest absolute Gasteiger partial charge is 0.106 e. The van der Waals surface area contributed by atoms with Crippen LogP contribution in [0.2, 0.25) is 17.4 Å². The van der Waals surface area contributed by atoms with Crippen LogP contribution in [0.15, 0.2) is 0 Å². The van der Waals surface area contributed by atoms with Crippen LogP contribution in [0.5, 0.6) is 0 Å². The number of hydrogen-bond donors (Lipinski definition) is 0. The molecule has 0 amide bonds. The van der Waals surface area contributed by atoms with E-state index >= 15 is 0 Å². The van der Waals surface area contributed by atoms with Crippen LogP contribution in [0.4, 0.5) is 0 Å². The number of rotatable bonds is 0. The van der Waals surface area contributed by atoms with Crippen molar-refractivity contribution in [2.24, 2.45) is 0 Å². The zero-order valence-electron chi connectivity index (χ0n) is 3.58. The Morgan fingerprint density at radius 3 is 1.00 bits per heavy atom. The Balaban J connectivity index is 0. The molecule has 0 spiro atoms. The summed E-state index contributed by atoms with van der Waals surface area (Å²) in [6.07, 6.45) is 0. The van der Waals surface area contributed by atoms with Crippen molar-refractivity contribution in [3.8, 4) is 0 Å². The van der Waals surface area contributed by atoms with Gasteiger partial charge in [-0.3, -0.25) is 0 Å². The van der Waals surface area contributed by atoms with Crippen LogP contribution in [-0.4, -0.2) is 14.1 Å². The highest BCUT2D eigenvalue weighted by molar-refractivity contribution is 6.54. The van der Waals surface area contributed by atoms with Crippen LogP contribution in [0, 0.1) is 0 Å². The molecule has 0 radical (unpaired) electrons. The Morgan fingerprint density at radius 1 is 1.00 bits per heavy atom. The van der Waals surface area contributed by atoms with E-state index in [1.807, 2.05) is 0 Å². The van der Waals surface area contributed by atoms with Gasteiger partial charge in [0, 0.05) is 0 Å². The molecule has 32 valence electrons. The van der Waals surface area contributed by atoms with Crippen LogP contribution < -0.4 is 0 Å². The van der Waals surface area contributed by atoms with E-state index < -0.39 is 0 Å². The molecule has 0 unspecified atom stereocenters. The Labute approximate surface area is 39.6 Å². The number of hydrogen-bond acceptors (Lipinski definition) is 0. The quantitative estimate of drug-likeness (QED) is 0.397. The highest BCUT2D eigenvalue weighted by Gasteiger charge is 1.81. The van der Waals surface area contributed by atoms with Crippen molar-refractivity contribution < 1.29 is 0 Å². The highest BCUT2D eigenvalue weighted by Crippen LogP contribution is 1.68. The lowest BCUT2D eigenvalue weighted by molar-refractivity contribution is 1.91. The predicted octanol–water partition coefficient (Wildman–Crippen LogP) is 2.01. The second kappa shape index (κ2) is 4.53. The summed E-state index contributed by atoms with van der Waals surface area (Å²) >= 11 is -0.139. The zero-order valence-corrected chi connectivity index (χ0v) is 4.73. The van der Waals surface area contributed by atoms with E-state index in [0.717, 1.165) is 0 Å². The third kappa shape index (κ3) is 103. The first kappa shape index (κ1) is 9.11. The maximum Gasteiger partial charge on any atom is 0.251 e. The van der Waals surface area contributed by atoms with Gasteiger partial charge in [-0.25, -0.2) is 0 Å². The molecule has 0 aromatic heterocycles. The topological polar surface area (TPSA) is 0 Å². The second-order valence-corrected chi connectivity index (χ2v) is 5.20. The van der Waals surface area contributed by atoms with Crippen molar-refractivity contribution >= 4 is 14.1 Å². The molecule has 0 saturated heterocycles. The van der Waals surface area contributed by atoms with Crippen molar-refractivity contribution in [1.82, 2.24) is 0 Å². The molecule has 5 heavy (non-hydrogen) atoms. The fourth-order valence-corrected chi connectivity index (χ4v) is 0. The molecule has 0 rings (SSSR count). The first-order valence-electron chi connectivity index (χ1n) is 1.73. The van der Waals surface area contributed by atoms with Gasteiger partial charge in [-0.2, -0.15) is 0 Å². The molecule has 0 aromatic rings. The summed E-state index contributed by atoms with van der Waals surface area (Å²) in [5, 5.41) is 0. The molecule has 0 fully saturated rings. The zero-order chi connectivity index (χ0) is 3.58. The first-order chi connectivity index (χ1) is 1.73. The summed E-state index contributed by atoms with van der Waals surface area (Å²) < 4.78 is 0. The van der Waals surface area contributed by atoms with Gasteiger partial charge in [-0.05, 0) is 0 Å². The normalized spacial score (nSPS) is 5.40. The van der Waals surface area contributed by atoms with Crippen LogP contribution in [-0.2, 0) is 0 Å². The van der Waals surface area contributed by atoms with Crippen LogP contribution >= 0.6 is 0 Å². The van der Waals surface area contributed by atoms with E-state index in [0.29, 0.717) is 0 Å². The van der Waals surface area contributed by atoms with Crippen LogP contribution in [0.25, 0.3) is 0 Å². The maximum atomic E-state index is 2.31. The van der Waals surface area contributed by atoms with Crippen molar-refractivity contribution in [1.29, 1.82) is 0 Å². The maximum absolute atomic E-state index is 2.31. The van der Waals surface area contributed by atoms with E-state index in [9.17, 15) is 0 Å². The lowest BCUT2D eigenvalue weighted by Crippen LogP contribution is -1.84. The van der Waals surface area contributed by atoms with E-state index in [1.54, 1.807) is 0 Å². The third-order valence-corrected chi connectivity index (χ3v) is 0. The van der Waals surface area contributed by atoms with Crippen molar-refractivity contribution in [2.45, 2.75) is 24.8 Å². The SMILES string of the molecule is C.[CH3][Al]([CH3])[CH3]. The van der Waals surface area contributed by atoms with Gasteiger partial charge in [-0.15, -0.1) is 17.4 Å².